The molecule has 0 fully saturated rings. The Kier molecular flexibility index (Phi) is 4.05. The molecule has 19 heavy (non-hydrogen) atoms. The van der Waals surface area contributed by atoms with Gasteiger partial charge in [-0.2, -0.15) is 5.10 Å². The quantitative estimate of drug-likeness (QED) is 0.924. The first-order chi connectivity index (χ1) is 9.22. The Morgan fingerprint density at radius 3 is 3.26 bits per heavy atom. The Bertz CT molecular complexity index is 561. The van der Waals surface area contributed by atoms with Crippen molar-refractivity contribution in [2.24, 2.45) is 7.05 Å². The van der Waals surface area contributed by atoms with E-state index in [1.165, 1.54) is 28.6 Å². The minimum atomic E-state index is 0.523. The number of aromatic nitrogens is 2. The maximum atomic E-state index is 4.41. The van der Waals surface area contributed by atoms with Crippen LogP contribution in [0.1, 0.15) is 35.0 Å². The maximum Gasteiger partial charge on any atom is 0.0704 e. The lowest BCUT2D eigenvalue weighted by molar-refractivity contribution is 0.465. The molecule has 5 heteroatoms. The van der Waals surface area contributed by atoms with Gasteiger partial charge in [-0.05, 0) is 52.9 Å². The van der Waals surface area contributed by atoms with Gasteiger partial charge in [-0.3, -0.25) is 4.68 Å². The van der Waals surface area contributed by atoms with E-state index in [0.29, 0.717) is 6.04 Å². The van der Waals surface area contributed by atoms with Gasteiger partial charge in [0.05, 0.1) is 9.48 Å². The highest BCUT2D eigenvalue weighted by Crippen LogP contribution is 2.37. The van der Waals surface area contributed by atoms with E-state index in [-0.39, 0.29) is 0 Å². The lowest BCUT2D eigenvalue weighted by Crippen LogP contribution is -2.26. The highest BCUT2D eigenvalue weighted by atomic mass is 79.9. The van der Waals surface area contributed by atoms with E-state index in [1.54, 1.807) is 4.88 Å². The van der Waals surface area contributed by atoms with Crippen molar-refractivity contribution in [1.82, 2.24) is 15.1 Å². The number of hydrogen-bond acceptors (Lipinski definition) is 3. The average molecular weight is 340 g/mol. The van der Waals surface area contributed by atoms with E-state index in [0.717, 1.165) is 18.7 Å². The molecule has 0 aromatic carbocycles. The van der Waals surface area contributed by atoms with Crippen LogP contribution in [-0.2, 0) is 19.9 Å². The van der Waals surface area contributed by atoms with Crippen molar-refractivity contribution in [3.63, 3.8) is 0 Å². The van der Waals surface area contributed by atoms with Crippen LogP contribution in [0.4, 0.5) is 0 Å². The van der Waals surface area contributed by atoms with Crippen LogP contribution in [0.3, 0.4) is 0 Å². The summed E-state index contributed by atoms with van der Waals surface area (Å²) < 4.78 is 3.13. The van der Waals surface area contributed by atoms with Crippen molar-refractivity contribution in [3.8, 4) is 0 Å². The highest BCUT2D eigenvalue weighted by molar-refractivity contribution is 9.11. The van der Waals surface area contributed by atoms with Crippen LogP contribution in [0.25, 0.3) is 0 Å². The van der Waals surface area contributed by atoms with Crippen LogP contribution in [0.5, 0.6) is 0 Å². The lowest BCUT2D eigenvalue weighted by Gasteiger charge is -2.23. The van der Waals surface area contributed by atoms with Crippen LogP contribution in [-0.4, -0.2) is 16.3 Å². The zero-order valence-electron chi connectivity index (χ0n) is 11.0. The van der Waals surface area contributed by atoms with Crippen molar-refractivity contribution >= 4 is 27.3 Å². The van der Waals surface area contributed by atoms with Gasteiger partial charge in [-0.15, -0.1) is 11.3 Å². The molecule has 2 heterocycles. The zero-order valence-corrected chi connectivity index (χ0v) is 13.4. The normalized spacial score (nSPS) is 18.5. The summed E-state index contributed by atoms with van der Waals surface area (Å²) in [6.45, 7) is 0.995. The molecular formula is C14H18BrN3S. The SMILES string of the molecule is Cn1ccc(CCNC2CCCc3sc(Br)cc32)n1. The molecule has 1 aliphatic carbocycles. The molecule has 0 saturated carbocycles. The Morgan fingerprint density at radius 1 is 1.58 bits per heavy atom. The predicted molar refractivity (Wildman–Crippen MR) is 82.6 cm³/mol. The number of hydrogen-bond donors (Lipinski definition) is 1. The summed E-state index contributed by atoms with van der Waals surface area (Å²) in [5.74, 6) is 0. The van der Waals surface area contributed by atoms with E-state index in [2.05, 4.69) is 38.5 Å². The van der Waals surface area contributed by atoms with Gasteiger partial charge in [0.15, 0.2) is 0 Å². The summed E-state index contributed by atoms with van der Waals surface area (Å²) in [5.41, 5.74) is 2.67. The largest absolute Gasteiger partial charge is 0.310 e. The second-order valence-electron chi connectivity index (χ2n) is 5.06. The van der Waals surface area contributed by atoms with Crippen LogP contribution < -0.4 is 5.32 Å². The van der Waals surface area contributed by atoms with Crippen LogP contribution in [0, 0.1) is 0 Å². The fraction of sp³-hybridized carbons (Fsp3) is 0.500. The van der Waals surface area contributed by atoms with Gasteiger partial charge >= 0.3 is 0 Å². The Balaban J connectivity index is 1.59. The van der Waals surface area contributed by atoms with Crippen molar-refractivity contribution in [2.75, 3.05) is 6.54 Å². The molecule has 2 aromatic rings. The zero-order chi connectivity index (χ0) is 13.2. The minimum Gasteiger partial charge on any atom is -0.310 e. The molecule has 3 rings (SSSR count). The smallest absolute Gasteiger partial charge is 0.0704 e. The first-order valence-electron chi connectivity index (χ1n) is 6.72. The second-order valence-corrected chi connectivity index (χ2v) is 7.57. The topological polar surface area (TPSA) is 29.9 Å². The van der Waals surface area contributed by atoms with Crippen molar-refractivity contribution in [1.29, 1.82) is 0 Å². The number of thiophene rings is 1. The molecule has 0 bridgehead atoms. The number of halogens is 1. The molecule has 3 nitrogen and oxygen atoms in total. The van der Waals surface area contributed by atoms with Crippen LogP contribution >= 0.6 is 27.3 Å². The van der Waals surface area contributed by atoms with E-state index < -0.39 is 0 Å². The molecule has 0 aliphatic heterocycles. The Morgan fingerprint density at radius 2 is 2.47 bits per heavy atom. The van der Waals surface area contributed by atoms with E-state index in [4.69, 9.17) is 0 Å². The van der Waals surface area contributed by atoms with Gasteiger partial charge in [-0.1, -0.05) is 0 Å². The first kappa shape index (κ1) is 13.3. The van der Waals surface area contributed by atoms with Gasteiger partial charge in [0.2, 0.25) is 0 Å². The molecule has 0 radical (unpaired) electrons. The first-order valence-corrected chi connectivity index (χ1v) is 8.33. The Labute approximate surface area is 126 Å². The summed E-state index contributed by atoms with van der Waals surface area (Å²) in [7, 11) is 1.97. The number of nitrogens with zero attached hydrogens (tertiary/aromatic N) is 2. The molecule has 0 amide bonds. The molecule has 2 aromatic heterocycles. The molecular weight excluding hydrogens is 322 g/mol. The lowest BCUT2D eigenvalue weighted by atomic mass is 9.94. The highest BCUT2D eigenvalue weighted by Gasteiger charge is 2.21. The summed E-state index contributed by atoms with van der Waals surface area (Å²) in [6, 6.07) is 4.90. The van der Waals surface area contributed by atoms with Crippen LogP contribution in [0.2, 0.25) is 0 Å². The number of fused-ring (bicyclic) bond motifs is 1. The van der Waals surface area contributed by atoms with E-state index >= 15 is 0 Å². The molecule has 1 atom stereocenters. The number of rotatable bonds is 4. The summed E-state index contributed by atoms with van der Waals surface area (Å²) in [6.07, 6.45) is 6.78. The van der Waals surface area contributed by atoms with Gasteiger partial charge in [0.1, 0.15) is 0 Å². The third-order valence-electron chi connectivity index (χ3n) is 3.62. The summed E-state index contributed by atoms with van der Waals surface area (Å²) >= 11 is 5.49. The fourth-order valence-corrected chi connectivity index (χ4v) is 4.52. The third kappa shape index (κ3) is 3.09. The molecule has 0 spiro atoms. The molecule has 102 valence electrons. The van der Waals surface area contributed by atoms with Crippen molar-refractivity contribution in [2.45, 2.75) is 31.7 Å². The second kappa shape index (κ2) is 5.77. The van der Waals surface area contributed by atoms with Crippen LogP contribution in [0.15, 0.2) is 22.1 Å². The van der Waals surface area contributed by atoms with E-state index in [1.807, 2.05) is 29.3 Å². The van der Waals surface area contributed by atoms with Crippen molar-refractivity contribution < 1.29 is 0 Å². The monoisotopic (exact) mass is 339 g/mol. The minimum absolute atomic E-state index is 0.523. The maximum absolute atomic E-state index is 4.41. The molecule has 0 saturated heterocycles. The summed E-state index contributed by atoms with van der Waals surface area (Å²) in [4.78, 5) is 1.55. The standard InChI is InChI=1S/C14H18BrN3S/c1-18-8-6-10(17-18)5-7-16-12-3-2-4-13-11(12)9-14(15)19-13/h6,8-9,12,16H,2-5,7H2,1H3. The predicted octanol–water partition coefficient (Wildman–Crippen LogP) is 3.45. The summed E-state index contributed by atoms with van der Waals surface area (Å²) in [5, 5.41) is 8.10. The Hall–Kier alpha value is -0.650. The number of nitrogens with one attached hydrogen (secondary N) is 1. The third-order valence-corrected chi connectivity index (χ3v) is 5.34. The van der Waals surface area contributed by atoms with Gasteiger partial charge < -0.3 is 5.32 Å². The fourth-order valence-electron chi connectivity index (χ4n) is 2.70. The van der Waals surface area contributed by atoms with Gasteiger partial charge in [-0.25, -0.2) is 0 Å². The number of aryl methyl sites for hydroxylation is 2. The average Bonchev–Trinajstić information content (AvgIpc) is 2.95. The van der Waals surface area contributed by atoms with Gasteiger partial charge in [0.25, 0.3) is 0 Å². The van der Waals surface area contributed by atoms with Gasteiger partial charge in [0, 0.05) is 37.1 Å². The van der Waals surface area contributed by atoms with E-state index in [9.17, 15) is 0 Å². The molecule has 1 unspecified atom stereocenters. The molecule has 1 N–H and O–H groups in total. The van der Waals surface area contributed by atoms with Crippen molar-refractivity contribution in [3.05, 3.63) is 38.3 Å². The molecule has 1 aliphatic rings.